The average Bonchev–Trinajstić information content (AvgIpc) is 2.57. The van der Waals surface area contributed by atoms with Gasteiger partial charge in [0.05, 0.1) is 0 Å². The number of aromatic amines is 1. The number of rotatable bonds is 5. The first-order valence-corrected chi connectivity index (χ1v) is 5.08. The van der Waals surface area contributed by atoms with E-state index < -0.39 is 0 Å². The molecule has 13 heavy (non-hydrogen) atoms. The van der Waals surface area contributed by atoms with Crippen LogP contribution in [-0.4, -0.2) is 11.5 Å². The van der Waals surface area contributed by atoms with Crippen molar-refractivity contribution in [1.29, 1.82) is 0 Å². The Hall–Kier alpha value is -0.760. The third-order valence-electron chi connectivity index (χ3n) is 2.57. The van der Waals surface area contributed by atoms with Crippen molar-refractivity contribution < 1.29 is 0 Å². The highest BCUT2D eigenvalue weighted by molar-refractivity contribution is 5.15. The van der Waals surface area contributed by atoms with Crippen molar-refractivity contribution in [2.24, 2.45) is 11.7 Å². The van der Waals surface area contributed by atoms with Gasteiger partial charge in [0, 0.05) is 12.4 Å². The molecule has 0 aliphatic carbocycles. The molecule has 0 aromatic carbocycles. The minimum atomic E-state index is 0.662. The van der Waals surface area contributed by atoms with Crippen molar-refractivity contribution in [3.05, 3.63) is 24.0 Å². The lowest BCUT2D eigenvalue weighted by Crippen LogP contribution is -2.09. The van der Waals surface area contributed by atoms with Crippen molar-refractivity contribution in [1.82, 2.24) is 4.98 Å². The van der Waals surface area contributed by atoms with Gasteiger partial charge in [0.15, 0.2) is 0 Å². The van der Waals surface area contributed by atoms with Crippen molar-refractivity contribution in [2.75, 3.05) is 6.54 Å². The molecule has 1 aromatic rings. The Morgan fingerprint density at radius 1 is 1.46 bits per heavy atom. The Morgan fingerprint density at radius 2 is 2.23 bits per heavy atom. The van der Waals surface area contributed by atoms with Crippen molar-refractivity contribution >= 4 is 0 Å². The number of hydrogen-bond acceptors (Lipinski definition) is 1. The molecule has 2 nitrogen and oxygen atoms in total. The lowest BCUT2D eigenvalue weighted by molar-refractivity contribution is 0.458. The SMILES string of the molecule is CC(C)C(CCCN)c1cc[nH]c1. The highest BCUT2D eigenvalue weighted by atomic mass is 14.6. The van der Waals surface area contributed by atoms with Crippen LogP contribution >= 0.6 is 0 Å². The lowest BCUT2D eigenvalue weighted by Gasteiger charge is -2.19. The highest BCUT2D eigenvalue weighted by Crippen LogP contribution is 2.28. The molecule has 0 amide bonds. The minimum absolute atomic E-state index is 0.662. The van der Waals surface area contributed by atoms with Crippen LogP contribution in [0.4, 0.5) is 0 Å². The van der Waals surface area contributed by atoms with Gasteiger partial charge in [0.1, 0.15) is 0 Å². The molecule has 0 aliphatic heterocycles. The van der Waals surface area contributed by atoms with E-state index in [-0.39, 0.29) is 0 Å². The van der Waals surface area contributed by atoms with Crippen LogP contribution in [-0.2, 0) is 0 Å². The second kappa shape index (κ2) is 5.07. The van der Waals surface area contributed by atoms with Gasteiger partial charge in [-0.15, -0.1) is 0 Å². The van der Waals surface area contributed by atoms with Crippen LogP contribution < -0.4 is 5.73 Å². The smallest absolute Gasteiger partial charge is 0.00402 e. The Kier molecular flexibility index (Phi) is 4.03. The topological polar surface area (TPSA) is 41.8 Å². The van der Waals surface area contributed by atoms with E-state index >= 15 is 0 Å². The van der Waals surface area contributed by atoms with Gasteiger partial charge in [0.2, 0.25) is 0 Å². The lowest BCUT2D eigenvalue weighted by atomic mass is 9.86. The first-order chi connectivity index (χ1) is 6.25. The summed E-state index contributed by atoms with van der Waals surface area (Å²) in [7, 11) is 0. The van der Waals surface area contributed by atoms with E-state index in [1.165, 1.54) is 12.0 Å². The van der Waals surface area contributed by atoms with E-state index in [4.69, 9.17) is 5.73 Å². The molecule has 1 heterocycles. The maximum absolute atomic E-state index is 5.52. The summed E-state index contributed by atoms with van der Waals surface area (Å²) in [6.07, 6.45) is 6.41. The molecule has 0 bridgehead atoms. The van der Waals surface area contributed by atoms with E-state index in [1.807, 2.05) is 6.20 Å². The van der Waals surface area contributed by atoms with Gasteiger partial charge in [-0.05, 0) is 42.9 Å². The van der Waals surface area contributed by atoms with Crippen molar-refractivity contribution in [3.8, 4) is 0 Å². The molecule has 74 valence electrons. The first kappa shape index (κ1) is 10.3. The van der Waals surface area contributed by atoms with E-state index in [9.17, 15) is 0 Å². The summed E-state index contributed by atoms with van der Waals surface area (Å²) < 4.78 is 0. The van der Waals surface area contributed by atoms with Crippen LogP contribution in [0.5, 0.6) is 0 Å². The molecular weight excluding hydrogens is 160 g/mol. The normalized spacial score (nSPS) is 13.5. The molecular formula is C11H20N2. The fourth-order valence-corrected chi connectivity index (χ4v) is 1.79. The van der Waals surface area contributed by atoms with Gasteiger partial charge < -0.3 is 10.7 Å². The van der Waals surface area contributed by atoms with Gasteiger partial charge in [-0.1, -0.05) is 13.8 Å². The minimum Gasteiger partial charge on any atom is -0.367 e. The molecule has 1 rings (SSSR count). The van der Waals surface area contributed by atoms with E-state index in [0.717, 1.165) is 13.0 Å². The predicted octanol–water partition coefficient (Wildman–Crippen LogP) is 2.49. The summed E-state index contributed by atoms with van der Waals surface area (Å²) in [5.74, 6) is 1.36. The van der Waals surface area contributed by atoms with Gasteiger partial charge >= 0.3 is 0 Å². The van der Waals surface area contributed by atoms with Crippen LogP contribution in [0, 0.1) is 5.92 Å². The number of hydrogen-bond donors (Lipinski definition) is 2. The van der Waals surface area contributed by atoms with Crippen LogP contribution in [0.2, 0.25) is 0 Å². The highest BCUT2D eigenvalue weighted by Gasteiger charge is 2.14. The number of aromatic nitrogens is 1. The molecule has 0 fully saturated rings. The molecule has 1 atom stereocenters. The third kappa shape index (κ3) is 2.88. The van der Waals surface area contributed by atoms with Crippen LogP contribution in [0.25, 0.3) is 0 Å². The fraction of sp³-hybridized carbons (Fsp3) is 0.636. The molecule has 1 unspecified atom stereocenters. The summed E-state index contributed by atoms with van der Waals surface area (Å²) in [5, 5.41) is 0. The fourth-order valence-electron chi connectivity index (χ4n) is 1.79. The zero-order valence-corrected chi connectivity index (χ0v) is 8.59. The number of nitrogens with one attached hydrogen (secondary N) is 1. The molecule has 0 saturated carbocycles. The second-order valence-corrected chi connectivity index (χ2v) is 3.93. The summed E-state index contributed by atoms with van der Waals surface area (Å²) in [4.78, 5) is 3.11. The van der Waals surface area contributed by atoms with E-state index in [2.05, 4.69) is 31.1 Å². The van der Waals surface area contributed by atoms with Gasteiger partial charge in [-0.2, -0.15) is 0 Å². The third-order valence-corrected chi connectivity index (χ3v) is 2.57. The maximum Gasteiger partial charge on any atom is 0.00402 e. The van der Waals surface area contributed by atoms with Crippen molar-refractivity contribution in [3.63, 3.8) is 0 Å². The molecule has 0 spiro atoms. The average molecular weight is 180 g/mol. The second-order valence-electron chi connectivity index (χ2n) is 3.93. The summed E-state index contributed by atoms with van der Waals surface area (Å²) >= 11 is 0. The number of nitrogens with two attached hydrogens (primary N) is 1. The van der Waals surface area contributed by atoms with E-state index in [0.29, 0.717) is 11.8 Å². The molecule has 0 aliphatic rings. The van der Waals surface area contributed by atoms with E-state index in [1.54, 1.807) is 0 Å². The van der Waals surface area contributed by atoms with Crippen molar-refractivity contribution in [2.45, 2.75) is 32.6 Å². The Bertz CT molecular complexity index is 214. The summed E-state index contributed by atoms with van der Waals surface area (Å²) in [6, 6.07) is 2.17. The van der Waals surface area contributed by atoms with Gasteiger partial charge in [-0.25, -0.2) is 0 Å². The largest absolute Gasteiger partial charge is 0.367 e. The standard InChI is InChI=1S/C11H20N2/c1-9(2)11(4-3-6-12)10-5-7-13-8-10/h5,7-9,11,13H,3-4,6,12H2,1-2H3. The molecule has 0 radical (unpaired) electrons. The van der Waals surface area contributed by atoms with Gasteiger partial charge in [0.25, 0.3) is 0 Å². The zero-order valence-electron chi connectivity index (χ0n) is 8.59. The van der Waals surface area contributed by atoms with Gasteiger partial charge in [-0.3, -0.25) is 0 Å². The summed E-state index contributed by atoms with van der Waals surface area (Å²) in [6.45, 7) is 5.34. The Balaban J connectivity index is 2.58. The zero-order chi connectivity index (χ0) is 9.68. The first-order valence-electron chi connectivity index (χ1n) is 5.08. The quantitative estimate of drug-likeness (QED) is 0.718. The molecule has 3 N–H and O–H groups in total. The monoisotopic (exact) mass is 180 g/mol. The predicted molar refractivity (Wildman–Crippen MR) is 56.7 cm³/mol. The van der Waals surface area contributed by atoms with Crippen LogP contribution in [0.15, 0.2) is 18.5 Å². The number of H-pyrrole nitrogens is 1. The molecule has 2 heteroatoms. The maximum atomic E-state index is 5.52. The van der Waals surface area contributed by atoms with Crippen LogP contribution in [0.3, 0.4) is 0 Å². The Labute approximate surface area is 80.5 Å². The van der Waals surface area contributed by atoms with Crippen LogP contribution in [0.1, 0.15) is 38.2 Å². The Morgan fingerprint density at radius 3 is 2.69 bits per heavy atom. The molecule has 1 aromatic heterocycles. The summed E-state index contributed by atoms with van der Waals surface area (Å²) in [5.41, 5.74) is 6.94. The molecule has 0 saturated heterocycles.